The predicted octanol–water partition coefficient (Wildman–Crippen LogP) is 2.50. The summed E-state index contributed by atoms with van der Waals surface area (Å²) in [5, 5.41) is 0. The van der Waals surface area contributed by atoms with E-state index in [1.807, 2.05) is 6.92 Å². The van der Waals surface area contributed by atoms with Crippen molar-refractivity contribution in [2.45, 2.75) is 58.1 Å². The summed E-state index contributed by atoms with van der Waals surface area (Å²) in [5.74, 6) is -3.48. The fourth-order valence-corrected chi connectivity index (χ4v) is 2.84. The number of piperazine rings is 1. The van der Waals surface area contributed by atoms with Crippen LogP contribution in [0.4, 0.5) is 13.6 Å². The topological polar surface area (TPSA) is 49.9 Å². The van der Waals surface area contributed by atoms with Gasteiger partial charge in [0.2, 0.25) is 11.8 Å². The van der Waals surface area contributed by atoms with Gasteiger partial charge in [-0.25, -0.2) is 13.6 Å². The molecule has 0 spiro atoms. The van der Waals surface area contributed by atoms with Crippen molar-refractivity contribution in [3.63, 3.8) is 0 Å². The van der Waals surface area contributed by atoms with Crippen LogP contribution in [0.2, 0.25) is 0 Å². The van der Waals surface area contributed by atoms with Gasteiger partial charge in [0.05, 0.1) is 0 Å². The third kappa shape index (κ3) is 3.87. The van der Waals surface area contributed by atoms with Gasteiger partial charge >= 0.3 is 6.09 Å². The number of rotatable bonds is 1. The summed E-state index contributed by atoms with van der Waals surface area (Å²) in [6, 6.07) is -0.187. The molecule has 0 bridgehead atoms. The molecule has 1 aliphatic heterocycles. The van der Waals surface area contributed by atoms with Gasteiger partial charge in [0.25, 0.3) is 0 Å². The second kappa shape index (κ2) is 5.66. The Morgan fingerprint density at radius 3 is 2.23 bits per heavy atom. The number of hydrogen-bond donors (Lipinski definition) is 0. The van der Waals surface area contributed by atoms with Crippen molar-refractivity contribution in [2.75, 3.05) is 19.6 Å². The molecule has 1 unspecified atom stereocenters. The minimum absolute atomic E-state index is 0.187. The van der Waals surface area contributed by atoms with E-state index in [1.54, 1.807) is 30.6 Å². The molecule has 2 amide bonds. The number of carbonyl (C=O) groups is 2. The second-order valence-electron chi connectivity index (χ2n) is 7.27. The first-order valence-corrected chi connectivity index (χ1v) is 7.65. The summed E-state index contributed by atoms with van der Waals surface area (Å²) in [6.07, 6.45) is -1.11. The predicted molar refractivity (Wildman–Crippen MR) is 76.7 cm³/mol. The Labute approximate surface area is 129 Å². The van der Waals surface area contributed by atoms with Crippen LogP contribution in [0, 0.1) is 5.92 Å². The van der Waals surface area contributed by atoms with Gasteiger partial charge < -0.3 is 14.5 Å². The number of amides is 2. The van der Waals surface area contributed by atoms with Crippen molar-refractivity contribution in [1.29, 1.82) is 0 Å². The molecule has 1 heterocycles. The first-order chi connectivity index (χ1) is 9.98. The fourth-order valence-electron chi connectivity index (χ4n) is 2.84. The largest absolute Gasteiger partial charge is 0.444 e. The van der Waals surface area contributed by atoms with Gasteiger partial charge in [0.1, 0.15) is 5.60 Å². The van der Waals surface area contributed by atoms with Crippen molar-refractivity contribution in [2.24, 2.45) is 5.92 Å². The van der Waals surface area contributed by atoms with E-state index in [4.69, 9.17) is 4.74 Å². The molecule has 126 valence electrons. The number of ether oxygens (including phenoxy) is 1. The molecule has 22 heavy (non-hydrogen) atoms. The molecule has 7 heteroatoms. The van der Waals surface area contributed by atoms with Crippen molar-refractivity contribution in [3.05, 3.63) is 0 Å². The minimum atomic E-state index is -2.69. The maximum absolute atomic E-state index is 12.9. The summed E-state index contributed by atoms with van der Waals surface area (Å²) < 4.78 is 31.1. The van der Waals surface area contributed by atoms with Crippen LogP contribution in [-0.2, 0) is 9.53 Å². The summed E-state index contributed by atoms with van der Waals surface area (Å²) in [6.45, 7) is 8.32. The Kier molecular flexibility index (Phi) is 4.37. The zero-order valence-corrected chi connectivity index (χ0v) is 13.6. The van der Waals surface area contributed by atoms with E-state index in [0.717, 1.165) is 0 Å². The molecule has 0 aromatic carbocycles. The summed E-state index contributed by atoms with van der Waals surface area (Å²) in [5.41, 5.74) is -0.568. The molecule has 0 aromatic rings. The first-order valence-electron chi connectivity index (χ1n) is 7.65. The highest BCUT2D eigenvalue weighted by Gasteiger charge is 2.50. The third-order valence-corrected chi connectivity index (χ3v) is 4.01. The molecule has 2 aliphatic rings. The molecule has 5 nitrogen and oxygen atoms in total. The zero-order chi connectivity index (χ0) is 16.7. The van der Waals surface area contributed by atoms with Crippen molar-refractivity contribution < 1.29 is 23.1 Å². The summed E-state index contributed by atoms with van der Waals surface area (Å²) in [4.78, 5) is 27.4. The highest BCUT2D eigenvalue weighted by Crippen LogP contribution is 2.43. The third-order valence-electron chi connectivity index (χ3n) is 4.01. The number of nitrogens with zero attached hydrogens (tertiary/aromatic N) is 2. The highest BCUT2D eigenvalue weighted by molar-refractivity contribution is 5.80. The SMILES string of the molecule is CC1CN(C(=O)C2CC(F)(F)C2)CCN1C(=O)OC(C)(C)C. The summed E-state index contributed by atoms with van der Waals surface area (Å²) in [7, 11) is 0. The van der Waals surface area contributed by atoms with Crippen LogP contribution in [0.15, 0.2) is 0 Å². The van der Waals surface area contributed by atoms with Gasteiger partial charge in [-0.05, 0) is 27.7 Å². The lowest BCUT2D eigenvalue weighted by Gasteiger charge is -2.43. The van der Waals surface area contributed by atoms with Crippen LogP contribution in [0.5, 0.6) is 0 Å². The molecule has 2 rings (SSSR count). The average molecular weight is 318 g/mol. The van der Waals surface area contributed by atoms with E-state index >= 15 is 0 Å². The molecule has 0 N–H and O–H groups in total. The van der Waals surface area contributed by atoms with Gasteiger partial charge in [-0.2, -0.15) is 0 Å². The monoisotopic (exact) mass is 318 g/mol. The highest BCUT2D eigenvalue weighted by atomic mass is 19.3. The van der Waals surface area contributed by atoms with Crippen molar-refractivity contribution in [3.8, 4) is 0 Å². The van der Waals surface area contributed by atoms with Crippen LogP contribution in [0.25, 0.3) is 0 Å². The molecule has 1 aliphatic carbocycles. The van der Waals surface area contributed by atoms with E-state index in [-0.39, 0.29) is 24.8 Å². The van der Waals surface area contributed by atoms with Gasteiger partial charge in [-0.15, -0.1) is 0 Å². The Bertz CT molecular complexity index is 454. The molecule has 0 radical (unpaired) electrons. The minimum Gasteiger partial charge on any atom is -0.444 e. The van der Waals surface area contributed by atoms with E-state index in [0.29, 0.717) is 19.6 Å². The molecular weight excluding hydrogens is 294 g/mol. The second-order valence-corrected chi connectivity index (χ2v) is 7.27. The maximum Gasteiger partial charge on any atom is 0.410 e. The van der Waals surface area contributed by atoms with Crippen molar-refractivity contribution >= 4 is 12.0 Å². The van der Waals surface area contributed by atoms with Gasteiger partial charge in [0, 0.05) is 44.4 Å². The van der Waals surface area contributed by atoms with Gasteiger partial charge in [-0.3, -0.25) is 4.79 Å². The average Bonchev–Trinajstić information content (AvgIpc) is 2.32. The zero-order valence-electron chi connectivity index (χ0n) is 13.6. The quantitative estimate of drug-likeness (QED) is 0.746. The number of alkyl halides is 2. The lowest BCUT2D eigenvalue weighted by Crippen LogP contribution is -2.58. The Hall–Kier alpha value is -1.40. The Morgan fingerprint density at radius 2 is 1.77 bits per heavy atom. The van der Waals surface area contributed by atoms with Gasteiger partial charge in [-0.1, -0.05) is 0 Å². The van der Waals surface area contributed by atoms with Crippen molar-refractivity contribution in [1.82, 2.24) is 9.80 Å². The molecule has 1 saturated carbocycles. The lowest BCUT2D eigenvalue weighted by molar-refractivity contribution is -0.162. The van der Waals surface area contributed by atoms with Crippen LogP contribution in [0.3, 0.4) is 0 Å². The fraction of sp³-hybridized carbons (Fsp3) is 0.867. The van der Waals surface area contributed by atoms with E-state index in [1.165, 1.54) is 0 Å². The van der Waals surface area contributed by atoms with Crippen LogP contribution < -0.4 is 0 Å². The van der Waals surface area contributed by atoms with Crippen LogP contribution in [0.1, 0.15) is 40.5 Å². The number of halogens is 2. The maximum atomic E-state index is 12.9. The normalized spacial score (nSPS) is 25.6. The molecule has 0 aromatic heterocycles. The Balaban J connectivity index is 1.87. The number of hydrogen-bond acceptors (Lipinski definition) is 3. The number of carbonyl (C=O) groups excluding carboxylic acids is 2. The smallest absolute Gasteiger partial charge is 0.410 e. The van der Waals surface area contributed by atoms with E-state index in [2.05, 4.69) is 0 Å². The van der Waals surface area contributed by atoms with E-state index in [9.17, 15) is 18.4 Å². The van der Waals surface area contributed by atoms with E-state index < -0.39 is 23.5 Å². The Morgan fingerprint density at radius 1 is 1.18 bits per heavy atom. The van der Waals surface area contributed by atoms with Crippen LogP contribution in [-0.4, -0.2) is 59.0 Å². The summed E-state index contributed by atoms with van der Waals surface area (Å²) >= 11 is 0. The molecule has 2 fully saturated rings. The standard InChI is InChI=1S/C15H24F2N2O3/c1-10-9-18(12(20)11-7-15(16,17)8-11)5-6-19(10)13(21)22-14(2,3)4/h10-11H,5-9H2,1-4H3. The van der Waals surface area contributed by atoms with Crippen LogP contribution >= 0.6 is 0 Å². The van der Waals surface area contributed by atoms with Gasteiger partial charge in [0.15, 0.2) is 0 Å². The lowest BCUT2D eigenvalue weighted by atomic mass is 9.80. The molecule has 1 saturated heterocycles. The first kappa shape index (κ1) is 17.0. The molecule has 1 atom stereocenters. The molecular formula is C15H24F2N2O3.